The van der Waals surface area contributed by atoms with Crippen LogP contribution in [0, 0.1) is 6.92 Å². The maximum atomic E-state index is 12.7. The van der Waals surface area contributed by atoms with Gasteiger partial charge in [-0.25, -0.2) is 17.9 Å². The highest BCUT2D eigenvalue weighted by molar-refractivity contribution is 7.89. The van der Waals surface area contributed by atoms with Crippen LogP contribution in [0.1, 0.15) is 28.9 Å². The molecule has 2 aromatic carbocycles. The summed E-state index contributed by atoms with van der Waals surface area (Å²) in [5.74, 6) is -1.13. The summed E-state index contributed by atoms with van der Waals surface area (Å²) in [6.07, 6.45) is 2.58. The van der Waals surface area contributed by atoms with Crippen LogP contribution in [0.2, 0.25) is 0 Å². The third-order valence-electron chi connectivity index (χ3n) is 4.26. The van der Waals surface area contributed by atoms with Crippen molar-refractivity contribution in [1.82, 2.24) is 19.7 Å². The van der Waals surface area contributed by atoms with Crippen molar-refractivity contribution in [2.24, 2.45) is 0 Å². The summed E-state index contributed by atoms with van der Waals surface area (Å²) < 4.78 is 29.4. The molecule has 9 heteroatoms. The van der Waals surface area contributed by atoms with E-state index in [1.807, 2.05) is 37.3 Å². The van der Waals surface area contributed by atoms with Crippen molar-refractivity contribution >= 4 is 26.8 Å². The first kappa shape index (κ1) is 19.0. The Balaban J connectivity index is 1.59. The van der Waals surface area contributed by atoms with Crippen LogP contribution in [0.25, 0.3) is 10.8 Å². The van der Waals surface area contributed by atoms with Crippen LogP contribution >= 0.6 is 0 Å². The Labute approximate surface area is 156 Å². The minimum absolute atomic E-state index is 0.109. The van der Waals surface area contributed by atoms with Gasteiger partial charge >= 0.3 is 5.97 Å². The van der Waals surface area contributed by atoms with Crippen molar-refractivity contribution in [2.45, 2.75) is 31.2 Å². The molecule has 2 N–H and O–H groups in total. The van der Waals surface area contributed by atoms with Crippen molar-refractivity contribution in [3.05, 3.63) is 53.9 Å². The highest BCUT2D eigenvalue weighted by Crippen LogP contribution is 2.25. The highest BCUT2D eigenvalue weighted by Gasteiger charge is 2.17. The lowest BCUT2D eigenvalue weighted by atomic mass is 10.1. The maximum absolute atomic E-state index is 12.7. The molecule has 0 aliphatic rings. The van der Waals surface area contributed by atoms with E-state index < -0.39 is 16.0 Å². The van der Waals surface area contributed by atoms with Crippen LogP contribution in [-0.2, 0) is 16.6 Å². The molecule has 0 aliphatic heterocycles. The zero-order valence-electron chi connectivity index (χ0n) is 14.8. The average molecular weight is 388 g/mol. The quantitative estimate of drug-likeness (QED) is 0.572. The second kappa shape index (κ2) is 7.85. The molecule has 27 heavy (non-hydrogen) atoms. The highest BCUT2D eigenvalue weighted by atomic mass is 32.2. The zero-order chi connectivity index (χ0) is 19.4. The van der Waals surface area contributed by atoms with Gasteiger partial charge in [-0.3, -0.25) is 4.68 Å². The van der Waals surface area contributed by atoms with E-state index in [9.17, 15) is 13.2 Å². The van der Waals surface area contributed by atoms with Crippen molar-refractivity contribution in [1.29, 1.82) is 0 Å². The van der Waals surface area contributed by atoms with Crippen LogP contribution < -0.4 is 4.72 Å². The number of hydrogen-bond donors (Lipinski definition) is 2. The molecule has 3 aromatic rings. The molecule has 0 fully saturated rings. The lowest BCUT2D eigenvalue weighted by Gasteiger charge is -2.11. The molecule has 8 nitrogen and oxygen atoms in total. The smallest absolute Gasteiger partial charge is 0.358 e. The third kappa shape index (κ3) is 4.32. The number of carbonyl (C=O) groups is 1. The molecule has 0 bridgehead atoms. The van der Waals surface area contributed by atoms with Gasteiger partial charge in [0.2, 0.25) is 10.0 Å². The SMILES string of the molecule is Cc1ccc(S(=O)(=O)NCCCCn2cc(C(=O)O)nn2)c2ccccc12. The van der Waals surface area contributed by atoms with Crippen LogP contribution in [0.5, 0.6) is 0 Å². The molecular weight excluding hydrogens is 368 g/mol. The first-order chi connectivity index (χ1) is 12.9. The van der Waals surface area contributed by atoms with Crippen molar-refractivity contribution < 1.29 is 18.3 Å². The number of hydrogen-bond acceptors (Lipinski definition) is 5. The van der Waals surface area contributed by atoms with Gasteiger partial charge in [0.25, 0.3) is 0 Å². The molecule has 0 amide bonds. The number of carboxylic acids is 1. The second-order valence-electron chi connectivity index (χ2n) is 6.20. The summed E-state index contributed by atoms with van der Waals surface area (Å²) in [5.41, 5.74) is 0.917. The first-order valence-corrected chi connectivity index (χ1v) is 9.98. The zero-order valence-corrected chi connectivity index (χ0v) is 15.6. The van der Waals surface area contributed by atoms with E-state index in [0.29, 0.717) is 24.8 Å². The molecule has 0 spiro atoms. The Morgan fingerprint density at radius 2 is 1.89 bits per heavy atom. The summed E-state index contributed by atoms with van der Waals surface area (Å²) in [6.45, 7) is 2.70. The maximum Gasteiger partial charge on any atom is 0.358 e. The van der Waals surface area contributed by atoms with Crippen molar-refractivity contribution in [3.8, 4) is 0 Å². The minimum Gasteiger partial charge on any atom is -0.476 e. The molecule has 0 saturated heterocycles. The van der Waals surface area contributed by atoms with E-state index in [0.717, 1.165) is 10.9 Å². The molecule has 142 valence electrons. The van der Waals surface area contributed by atoms with Gasteiger partial charge in [0.1, 0.15) is 0 Å². The number of fused-ring (bicyclic) bond motifs is 1. The molecule has 1 aromatic heterocycles. The Bertz CT molecular complexity index is 1080. The topological polar surface area (TPSA) is 114 Å². The summed E-state index contributed by atoms with van der Waals surface area (Å²) in [7, 11) is -3.62. The van der Waals surface area contributed by atoms with E-state index in [4.69, 9.17) is 5.11 Å². The Morgan fingerprint density at radius 1 is 1.15 bits per heavy atom. The number of rotatable bonds is 8. The number of aromatic nitrogens is 3. The summed E-state index contributed by atoms with van der Waals surface area (Å²) in [4.78, 5) is 11.0. The summed E-state index contributed by atoms with van der Waals surface area (Å²) in [5, 5.41) is 17.7. The fraction of sp³-hybridized carbons (Fsp3) is 0.278. The Morgan fingerprint density at radius 3 is 2.59 bits per heavy atom. The standard InChI is InChI=1S/C18H20N4O4S/c1-13-8-9-17(15-7-3-2-6-14(13)15)27(25,26)19-10-4-5-11-22-12-16(18(23)24)20-21-22/h2-3,6-9,12,19H,4-5,10-11H2,1H3,(H,23,24). The van der Waals surface area contributed by atoms with Gasteiger partial charge in [-0.2, -0.15) is 0 Å². The molecule has 0 saturated carbocycles. The van der Waals surface area contributed by atoms with E-state index in [1.54, 1.807) is 6.07 Å². The van der Waals surface area contributed by atoms with Crippen LogP contribution in [0.3, 0.4) is 0 Å². The number of unbranched alkanes of at least 4 members (excludes halogenated alkanes) is 1. The predicted molar refractivity (Wildman–Crippen MR) is 100 cm³/mol. The number of sulfonamides is 1. The molecule has 3 rings (SSSR count). The third-order valence-corrected chi connectivity index (χ3v) is 5.77. The van der Waals surface area contributed by atoms with Gasteiger partial charge in [0.15, 0.2) is 5.69 Å². The van der Waals surface area contributed by atoms with Crippen LogP contribution in [0.4, 0.5) is 0 Å². The van der Waals surface area contributed by atoms with Gasteiger partial charge in [0, 0.05) is 18.5 Å². The second-order valence-corrected chi connectivity index (χ2v) is 7.94. The molecular formula is C18H20N4O4S. The number of aromatic carboxylic acids is 1. The van der Waals surface area contributed by atoms with E-state index in [1.165, 1.54) is 10.9 Å². The van der Waals surface area contributed by atoms with Gasteiger partial charge in [0.05, 0.1) is 11.1 Å². The summed E-state index contributed by atoms with van der Waals surface area (Å²) >= 11 is 0. The summed E-state index contributed by atoms with van der Waals surface area (Å²) in [6, 6.07) is 10.9. The van der Waals surface area contributed by atoms with Gasteiger partial charge in [-0.05, 0) is 36.8 Å². The molecule has 1 heterocycles. The number of nitrogens with zero attached hydrogens (tertiary/aromatic N) is 3. The van der Waals surface area contributed by atoms with Crippen molar-refractivity contribution in [2.75, 3.05) is 6.54 Å². The fourth-order valence-corrected chi connectivity index (χ4v) is 4.13. The number of benzene rings is 2. The Kier molecular flexibility index (Phi) is 5.52. The fourth-order valence-electron chi connectivity index (χ4n) is 2.85. The van der Waals surface area contributed by atoms with Gasteiger partial charge < -0.3 is 5.11 Å². The van der Waals surface area contributed by atoms with Crippen molar-refractivity contribution in [3.63, 3.8) is 0 Å². The largest absolute Gasteiger partial charge is 0.476 e. The van der Waals surface area contributed by atoms with E-state index in [2.05, 4.69) is 15.0 Å². The van der Waals surface area contributed by atoms with Crippen LogP contribution in [0.15, 0.2) is 47.5 Å². The molecule has 0 atom stereocenters. The normalized spacial score (nSPS) is 11.7. The van der Waals surface area contributed by atoms with E-state index >= 15 is 0 Å². The van der Waals surface area contributed by atoms with E-state index in [-0.39, 0.29) is 17.1 Å². The molecule has 0 aliphatic carbocycles. The number of aryl methyl sites for hydroxylation is 2. The lowest BCUT2D eigenvalue weighted by molar-refractivity contribution is 0.0690. The van der Waals surface area contributed by atoms with Crippen LogP contribution in [-0.4, -0.2) is 41.0 Å². The van der Waals surface area contributed by atoms with Gasteiger partial charge in [-0.1, -0.05) is 35.5 Å². The minimum atomic E-state index is -3.62. The molecule has 0 unspecified atom stereocenters. The van der Waals surface area contributed by atoms with Gasteiger partial charge in [-0.15, -0.1) is 5.10 Å². The molecule has 0 radical (unpaired) electrons. The predicted octanol–water partition coefficient (Wildman–Crippen LogP) is 2.20. The monoisotopic (exact) mass is 388 g/mol. The first-order valence-electron chi connectivity index (χ1n) is 8.50. The Hall–Kier alpha value is -2.78. The number of nitrogens with one attached hydrogen (secondary N) is 1. The average Bonchev–Trinajstić information content (AvgIpc) is 3.11. The number of carboxylic acid groups (broad SMARTS) is 1. The lowest BCUT2D eigenvalue weighted by Crippen LogP contribution is -2.25.